The molecule has 2 aromatic carbocycles. The van der Waals surface area contributed by atoms with Gasteiger partial charge in [-0.15, -0.1) is 0 Å². The van der Waals surface area contributed by atoms with Crippen LogP contribution >= 0.6 is 0 Å². The molecule has 2 aromatic rings. The van der Waals surface area contributed by atoms with Crippen molar-refractivity contribution in [3.05, 3.63) is 59.2 Å². The van der Waals surface area contributed by atoms with Crippen LogP contribution < -0.4 is 0 Å². The topological polar surface area (TPSA) is 81.3 Å². The summed E-state index contributed by atoms with van der Waals surface area (Å²) in [5.41, 5.74) is 0.930. The first-order chi connectivity index (χ1) is 9.54. The smallest absolute Gasteiger partial charge is 0.184 e. The number of nitrogens with zero attached hydrogens (tertiary/aromatic N) is 1. The molecule has 100 valence electrons. The van der Waals surface area contributed by atoms with E-state index in [0.29, 0.717) is 11.1 Å². The summed E-state index contributed by atoms with van der Waals surface area (Å²) in [5.74, 6) is -1.79. The van der Waals surface area contributed by atoms with Crippen LogP contribution in [0.25, 0.3) is 0 Å². The molecule has 0 radical (unpaired) electrons. The molecule has 0 fully saturated rings. The van der Waals surface area contributed by atoms with Crippen molar-refractivity contribution >= 4 is 5.78 Å². The van der Waals surface area contributed by atoms with Gasteiger partial charge in [0, 0.05) is 11.1 Å². The number of ketones is 1. The molecule has 0 spiro atoms. The minimum absolute atomic E-state index is 0.0867. The summed E-state index contributed by atoms with van der Waals surface area (Å²) in [4.78, 5) is 12.3. The first kappa shape index (κ1) is 13.6. The van der Waals surface area contributed by atoms with Crippen molar-refractivity contribution in [1.82, 2.24) is 0 Å². The zero-order valence-corrected chi connectivity index (χ0v) is 10.9. The Balaban J connectivity index is 2.50. The highest BCUT2D eigenvalue weighted by Gasteiger charge is 2.25. The zero-order valence-electron chi connectivity index (χ0n) is 10.9. The predicted molar refractivity (Wildman–Crippen MR) is 73.6 cm³/mol. The minimum atomic E-state index is -1.15. The van der Waals surface area contributed by atoms with Gasteiger partial charge in [-0.1, -0.05) is 30.3 Å². The van der Waals surface area contributed by atoms with E-state index in [0.717, 1.165) is 0 Å². The van der Waals surface area contributed by atoms with Gasteiger partial charge in [0.1, 0.15) is 17.4 Å². The number of hydrogen-bond donors (Lipinski definition) is 2. The number of aryl methyl sites for hydroxylation is 1. The zero-order chi connectivity index (χ0) is 14.7. The molecule has 0 aliphatic carbocycles. The molecule has 0 heterocycles. The highest BCUT2D eigenvalue weighted by atomic mass is 16.3. The maximum Gasteiger partial charge on any atom is 0.184 e. The average molecular weight is 267 g/mol. The van der Waals surface area contributed by atoms with Gasteiger partial charge < -0.3 is 10.2 Å². The fourth-order valence-corrected chi connectivity index (χ4v) is 2.05. The van der Waals surface area contributed by atoms with Gasteiger partial charge in [-0.2, -0.15) is 5.26 Å². The van der Waals surface area contributed by atoms with Crippen LogP contribution in [0.3, 0.4) is 0 Å². The molecule has 0 saturated carbocycles. The lowest BCUT2D eigenvalue weighted by molar-refractivity contribution is 0.0977. The summed E-state index contributed by atoms with van der Waals surface area (Å²) < 4.78 is 0. The Morgan fingerprint density at radius 1 is 1.20 bits per heavy atom. The minimum Gasteiger partial charge on any atom is -0.508 e. The Morgan fingerprint density at radius 3 is 2.45 bits per heavy atom. The second kappa shape index (κ2) is 5.45. The molecule has 4 heteroatoms. The number of phenols is 2. The number of aromatic hydroxyl groups is 2. The molecule has 0 aliphatic rings. The lowest BCUT2D eigenvalue weighted by Crippen LogP contribution is -2.11. The third-order valence-electron chi connectivity index (χ3n) is 3.08. The number of Topliss-reactive ketones (excluding diaryl/α,β-unsaturated/α-hetero) is 1. The number of benzene rings is 2. The molecule has 2 rings (SSSR count). The second-order valence-corrected chi connectivity index (χ2v) is 4.49. The summed E-state index contributed by atoms with van der Waals surface area (Å²) in [5, 5.41) is 28.8. The maximum absolute atomic E-state index is 12.3. The van der Waals surface area contributed by atoms with E-state index in [1.54, 1.807) is 37.3 Å². The highest BCUT2D eigenvalue weighted by Crippen LogP contribution is 2.34. The second-order valence-electron chi connectivity index (χ2n) is 4.49. The molecule has 1 atom stereocenters. The van der Waals surface area contributed by atoms with Gasteiger partial charge in [0.25, 0.3) is 0 Å². The Labute approximate surface area is 116 Å². The van der Waals surface area contributed by atoms with Crippen LogP contribution in [-0.2, 0) is 0 Å². The normalized spacial score (nSPS) is 11.6. The first-order valence-corrected chi connectivity index (χ1v) is 6.06. The van der Waals surface area contributed by atoms with E-state index in [-0.39, 0.29) is 17.1 Å². The Morgan fingerprint density at radius 2 is 1.85 bits per heavy atom. The molecule has 2 N–H and O–H groups in total. The van der Waals surface area contributed by atoms with E-state index < -0.39 is 11.7 Å². The van der Waals surface area contributed by atoms with E-state index >= 15 is 0 Å². The number of phenolic OH excluding ortho intramolecular Hbond substituents is 2. The molecule has 0 bridgehead atoms. The average Bonchev–Trinajstić information content (AvgIpc) is 2.45. The molecular weight excluding hydrogens is 254 g/mol. The first-order valence-electron chi connectivity index (χ1n) is 6.06. The molecule has 0 aliphatic heterocycles. The van der Waals surface area contributed by atoms with Crippen LogP contribution in [0.15, 0.2) is 42.5 Å². The van der Waals surface area contributed by atoms with Crippen LogP contribution in [0, 0.1) is 18.3 Å². The van der Waals surface area contributed by atoms with E-state index in [1.807, 2.05) is 6.07 Å². The van der Waals surface area contributed by atoms with Crippen molar-refractivity contribution in [3.8, 4) is 17.6 Å². The molecule has 0 amide bonds. The predicted octanol–water partition coefficient (Wildman–Crippen LogP) is 2.90. The Bertz CT molecular complexity index is 687. The Kier molecular flexibility index (Phi) is 3.72. The maximum atomic E-state index is 12.3. The van der Waals surface area contributed by atoms with Gasteiger partial charge in [0.05, 0.1) is 6.07 Å². The van der Waals surface area contributed by atoms with Crippen molar-refractivity contribution in [1.29, 1.82) is 5.26 Å². The SMILES string of the molecule is Cc1cc(O)cc(C(C#N)C(=O)c2ccccc2)c1O. The quantitative estimate of drug-likeness (QED) is 0.661. The van der Waals surface area contributed by atoms with Gasteiger partial charge in [-0.05, 0) is 24.6 Å². The largest absolute Gasteiger partial charge is 0.508 e. The number of rotatable bonds is 3. The summed E-state index contributed by atoms with van der Waals surface area (Å²) in [6.07, 6.45) is 0. The molecule has 0 aromatic heterocycles. The Hall–Kier alpha value is -2.80. The van der Waals surface area contributed by atoms with Gasteiger partial charge in [-0.25, -0.2) is 0 Å². The van der Waals surface area contributed by atoms with E-state index in [9.17, 15) is 20.3 Å². The number of carbonyl (C=O) groups is 1. The monoisotopic (exact) mass is 267 g/mol. The van der Waals surface area contributed by atoms with Crippen molar-refractivity contribution in [2.75, 3.05) is 0 Å². The summed E-state index contributed by atoms with van der Waals surface area (Å²) in [6.45, 7) is 1.60. The molecule has 0 saturated heterocycles. The summed E-state index contributed by atoms with van der Waals surface area (Å²) in [7, 11) is 0. The standard InChI is InChI=1S/C16H13NO3/c1-10-7-12(18)8-13(15(10)19)14(9-17)16(20)11-5-3-2-4-6-11/h2-8,14,18-19H,1H3. The highest BCUT2D eigenvalue weighted by molar-refractivity contribution is 6.03. The van der Waals surface area contributed by atoms with Crippen LogP contribution in [-0.4, -0.2) is 16.0 Å². The fourth-order valence-electron chi connectivity index (χ4n) is 2.05. The van der Waals surface area contributed by atoms with Crippen LogP contribution in [0.5, 0.6) is 11.5 Å². The van der Waals surface area contributed by atoms with Crippen LogP contribution in [0.1, 0.15) is 27.4 Å². The van der Waals surface area contributed by atoms with Crippen molar-refractivity contribution in [3.63, 3.8) is 0 Å². The lowest BCUT2D eigenvalue weighted by atomic mass is 9.90. The van der Waals surface area contributed by atoms with E-state index in [1.165, 1.54) is 12.1 Å². The van der Waals surface area contributed by atoms with Crippen LogP contribution in [0.2, 0.25) is 0 Å². The summed E-state index contributed by atoms with van der Waals surface area (Å²) >= 11 is 0. The molecule has 20 heavy (non-hydrogen) atoms. The van der Waals surface area contributed by atoms with Crippen molar-refractivity contribution in [2.24, 2.45) is 0 Å². The number of hydrogen-bond acceptors (Lipinski definition) is 4. The van der Waals surface area contributed by atoms with E-state index in [2.05, 4.69) is 0 Å². The number of carbonyl (C=O) groups excluding carboxylic acids is 1. The summed E-state index contributed by atoms with van der Waals surface area (Å²) in [6, 6.07) is 12.9. The third kappa shape index (κ3) is 2.47. The van der Waals surface area contributed by atoms with Gasteiger partial charge >= 0.3 is 0 Å². The molecule has 1 unspecified atom stereocenters. The van der Waals surface area contributed by atoms with Crippen LogP contribution in [0.4, 0.5) is 0 Å². The number of nitriles is 1. The van der Waals surface area contributed by atoms with Gasteiger partial charge in [-0.3, -0.25) is 4.79 Å². The third-order valence-corrected chi connectivity index (χ3v) is 3.08. The van der Waals surface area contributed by atoms with Gasteiger partial charge in [0.2, 0.25) is 0 Å². The van der Waals surface area contributed by atoms with Crippen molar-refractivity contribution < 1.29 is 15.0 Å². The van der Waals surface area contributed by atoms with Gasteiger partial charge in [0.15, 0.2) is 5.78 Å². The lowest BCUT2D eigenvalue weighted by Gasteiger charge is -2.13. The fraction of sp³-hybridized carbons (Fsp3) is 0.125. The molecular formula is C16H13NO3. The van der Waals surface area contributed by atoms with E-state index in [4.69, 9.17) is 0 Å². The molecule has 4 nitrogen and oxygen atoms in total. The van der Waals surface area contributed by atoms with Crippen molar-refractivity contribution in [2.45, 2.75) is 12.8 Å².